The lowest BCUT2D eigenvalue weighted by Crippen LogP contribution is -2.47. The summed E-state index contributed by atoms with van der Waals surface area (Å²) < 4.78 is 1.01. The van der Waals surface area contributed by atoms with Crippen molar-refractivity contribution in [3.8, 4) is 0 Å². The molecule has 1 N–H and O–H groups in total. The molecule has 0 unspecified atom stereocenters. The van der Waals surface area contributed by atoms with Crippen LogP contribution in [0, 0.1) is 5.92 Å². The molecular formula is C17H23BrN2O2. The van der Waals surface area contributed by atoms with E-state index in [2.05, 4.69) is 21.2 Å². The lowest BCUT2D eigenvalue weighted by Gasteiger charge is -2.27. The van der Waals surface area contributed by atoms with Crippen LogP contribution in [0.5, 0.6) is 0 Å². The van der Waals surface area contributed by atoms with Crippen LogP contribution in [0.1, 0.15) is 45.2 Å². The van der Waals surface area contributed by atoms with E-state index in [9.17, 15) is 9.59 Å². The molecule has 5 heteroatoms. The van der Waals surface area contributed by atoms with Crippen LogP contribution in [0.25, 0.3) is 0 Å². The first kappa shape index (κ1) is 17.0. The van der Waals surface area contributed by atoms with Gasteiger partial charge in [-0.2, -0.15) is 0 Å². The number of likely N-dealkylation sites (tertiary alicyclic amines) is 1. The molecule has 120 valence electrons. The predicted molar refractivity (Wildman–Crippen MR) is 90.3 cm³/mol. The third-order valence-corrected chi connectivity index (χ3v) is 4.59. The first-order valence-electron chi connectivity index (χ1n) is 7.76. The van der Waals surface area contributed by atoms with Gasteiger partial charge in [0.05, 0.1) is 6.04 Å². The van der Waals surface area contributed by atoms with E-state index in [-0.39, 0.29) is 29.8 Å². The van der Waals surface area contributed by atoms with Crippen LogP contribution in [0.2, 0.25) is 0 Å². The van der Waals surface area contributed by atoms with Gasteiger partial charge in [0.1, 0.15) is 6.04 Å². The first-order chi connectivity index (χ1) is 10.4. The van der Waals surface area contributed by atoms with Gasteiger partial charge in [0.2, 0.25) is 11.8 Å². The van der Waals surface area contributed by atoms with Crippen molar-refractivity contribution in [1.29, 1.82) is 0 Å². The zero-order valence-corrected chi connectivity index (χ0v) is 14.9. The van der Waals surface area contributed by atoms with Gasteiger partial charge >= 0.3 is 0 Å². The monoisotopic (exact) mass is 366 g/mol. The van der Waals surface area contributed by atoms with Gasteiger partial charge in [0.25, 0.3) is 0 Å². The number of hydrogen-bond acceptors (Lipinski definition) is 2. The summed E-state index contributed by atoms with van der Waals surface area (Å²) in [5.41, 5.74) is 1.05. The van der Waals surface area contributed by atoms with Crippen molar-refractivity contribution in [1.82, 2.24) is 10.2 Å². The number of benzene rings is 1. The fourth-order valence-corrected chi connectivity index (χ4v) is 3.04. The molecule has 2 atom stereocenters. The van der Waals surface area contributed by atoms with Gasteiger partial charge in [0.15, 0.2) is 0 Å². The molecule has 2 rings (SSSR count). The Labute approximate surface area is 140 Å². The highest BCUT2D eigenvalue weighted by molar-refractivity contribution is 9.10. The molecule has 4 nitrogen and oxygen atoms in total. The van der Waals surface area contributed by atoms with E-state index < -0.39 is 0 Å². The topological polar surface area (TPSA) is 49.4 Å². The molecule has 2 amide bonds. The molecule has 1 fully saturated rings. The van der Waals surface area contributed by atoms with E-state index in [0.717, 1.165) is 22.9 Å². The molecule has 1 aromatic rings. The Balaban J connectivity index is 2.01. The van der Waals surface area contributed by atoms with Crippen LogP contribution in [-0.4, -0.2) is 29.3 Å². The van der Waals surface area contributed by atoms with Crippen LogP contribution in [0.3, 0.4) is 0 Å². The molecule has 0 radical (unpaired) electrons. The Morgan fingerprint density at radius 3 is 2.45 bits per heavy atom. The molecule has 1 heterocycles. The summed E-state index contributed by atoms with van der Waals surface area (Å²) in [7, 11) is 0. The summed E-state index contributed by atoms with van der Waals surface area (Å²) in [4.78, 5) is 26.4. The largest absolute Gasteiger partial charge is 0.348 e. The summed E-state index contributed by atoms with van der Waals surface area (Å²) in [6.45, 7) is 6.40. The molecule has 22 heavy (non-hydrogen) atoms. The second-order valence-corrected chi connectivity index (χ2v) is 7.04. The Morgan fingerprint density at radius 1 is 1.23 bits per heavy atom. The van der Waals surface area contributed by atoms with Gasteiger partial charge in [-0.15, -0.1) is 0 Å². The average molecular weight is 367 g/mol. The lowest BCUT2D eigenvalue weighted by molar-refractivity contribution is -0.141. The fraction of sp³-hybridized carbons (Fsp3) is 0.529. The van der Waals surface area contributed by atoms with Gasteiger partial charge in [-0.05, 0) is 37.5 Å². The standard InChI is InChI=1S/C17H23BrN2O2/c1-11(2)17(22)20-10-4-5-15(20)16(21)19-12(3)13-6-8-14(18)9-7-13/h6-9,11-12,15H,4-5,10H2,1-3H3,(H,19,21)/t12-,15-/m0/s1. The second kappa shape index (κ2) is 7.27. The van der Waals surface area contributed by atoms with Crippen molar-refractivity contribution in [3.05, 3.63) is 34.3 Å². The van der Waals surface area contributed by atoms with E-state index in [4.69, 9.17) is 0 Å². The summed E-state index contributed by atoms with van der Waals surface area (Å²) >= 11 is 3.41. The van der Waals surface area contributed by atoms with Crippen LogP contribution in [-0.2, 0) is 9.59 Å². The SMILES string of the molecule is CC(C)C(=O)N1CCC[C@H]1C(=O)N[C@@H](C)c1ccc(Br)cc1. The minimum Gasteiger partial charge on any atom is -0.348 e. The predicted octanol–water partition coefficient (Wildman–Crippen LogP) is 3.27. The number of carbonyl (C=O) groups is 2. The Kier molecular flexibility index (Phi) is 5.62. The van der Waals surface area contributed by atoms with Crippen LogP contribution >= 0.6 is 15.9 Å². The average Bonchev–Trinajstić information content (AvgIpc) is 2.96. The Morgan fingerprint density at radius 2 is 1.86 bits per heavy atom. The molecule has 1 aliphatic rings. The third-order valence-electron chi connectivity index (χ3n) is 4.06. The van der Waals surface area contributed by atoms with Crippen molar-refractivity contribution >= 4 is 27.7 Å². The molecule has 1 aliphatic heterocycles. The fourth-order valence-electron chi connectivity index (χ4n) is 2.78. The molecule has 1 saturated heterocycles. The number of carbonyl (C=O) groups excluding carboxylic acids is 2. The number of hydrogen-bond donors (Lipinski definition) is 1. The van der Waals surface area contributed by atoms with Gasteiger partial charge in [-0.25, -0.2) is 0 Å². The van der Waals surface area contributed by atoms with Crippen LogP contribution < -0.4 is 5.32 Å². The molecule has 0 bridgehead atoms. The van der Waals surface area contributed by atoms with Crippen LogP contribution in [0.4, 0.5) is 0 Å². The van der Waals surface area contributed by atoms with Crippen molar-refractivity contribution in [2.45, 2.75) is 45.7 Å². The maximum absolute atomic E-state index is 12.5. The van der Waals surface area contributed by atoms with E-state index >= 15 is 0 Å². The quantitative estimate of drug-likeness (QED) is 0.888. The van der Waals surface area contributed by atoms with Crippen molar-refractivity contribution < 1.29 is 9.59 Å². The van der Waals surface area contributed by atoms with Gasteiger partial charge in [0, 0.05) is 16.9 Å². The highest BCUT2D eigenvalue weighted by Crippen LogP contribution is 2.22. The zero-order chi connectivity index (χ0) is 16.3. The maximum Gasteiger partial charge on any atom is 0.243 e. The summed E-state index contributed by atoms with van der Waals surface area (Å²) in [5.74, 6) is -0.0619. The molecular weight excluding hydrogens is 344 g/mol. The highest BCUT2D eigenvalue weighted by Gasteiger charge is 2.35. The number of nitrogens with one attached hydrogen (secondary N) is 1. The van der Waals surface area contributed by atoms with Crippen molar-refractivity contribution in [2.75, 3.05) is 6.54 Å². The summed E-state index contributed by atoms with van der Waals surface area (Å²) in [6, 6.07) is 7.50. The normalized spacial score (nSPS) is 19.3. The number of nitrogens with zero attached hydrogens (tertiary/aromatic N) is 1. The molecule has 0 aliphatic carbocycles. The number of rotatable bonds is 4. The molecule has 0 saturated carbocycles. The number of halogens is 1. The first-order valence-corrected chi connectivity index (χ1v) is 8.55. The number of amides is 2. The zero-order valence-electron chi connectivity index (χ0n) is 13.3. The van der Waals surface area contributed by atoms with E-state index in [1.807, 2.05) is 45.0 Å². The smallest absolute Gasteiger partial charge is 0.243 e. The van der Waals surface area contributed by atoms with Gasteiger partial charge in [-0.1, -0.05) is 41.9 Å². The third kappa shape index (κ3) is 3.88. The van der Waals surface area contributed by atoms with Crippen LogP contribution in [0.15, 0.2) is 28.7 Å². The Hall–Kier alpha value is -1.36. The molecule has 1 aromatic carbocycles. The van der Waals surface area contributed by atoms with E-state index in [1.54, 1.807) is 4.90 Å². The maximum atomic E-state index is 12.5. The minimum absolute atomic E-state index is 0.0538. The Bertz CT molecular complexity index is 542. The molecule has 0 aromatic heterocycles. The van der Waals surface area contributed by atoms with E-state index in [0.29, 0.717) is 6.54 Å². The second-order valence-electron chi connectivity index (χ2n) is 6.13. The van der Waals surface area contributed by atoms with Gasteiger partial charge in [-0.3, -0.25) is 9.59 Å². The van der Waals surface area contributed by atoms with E-state index in [1.165, 1.54) is 0 Å². The van der Waals surface area contributed by atoms with Gasteiger partial charge < -0.3 is 10.2 Å². The minimum atomic E-state index is -0.326. The molecule has 0 spiro atoms. The lowest BCUT2D eigenvalue weighted by atomic mass is 10.1. The van der Waals surface area contributed by atoms with Crippen molar-refractivity contribution in [2.24, 2.45) is 5.92 Å². The van der Waals surface area contributed by atoms with Crippen molar-refractivity contribution in [3.63, 3.8) is 0 Å². The summed E-state index contributed by atoms with van der Waals surface area (Å²) in [5, 5.41) is 3.03. The highest BCUT2D eigenvalue weighted by atomic mass is 79.9. The summed E-state index contributed by atoms with van der Waals surface area (Å²) in [6.07, 6.45) is 1.64.